The van der Waals surface area contributed by atoms with E-state index in [-0.39, 0.29) is 0 Å². The van der Waals surface area contributed by atoms with Crippen molar-refractivity contribution in [2.45, 2.75) is 34.8 Å². The van der Waals surface area contributed by atoms with Gasteiger partial charge in [-0.05, 0) is 13.8 Å². The maximum Gasteiger partial charge on any atom is 0.328 e. The lowest BCUT2D eigenvalue weighted by Crippen LogP contribution is -2.64. The lowest BCUT2D eigenvalue weighted by Gasteiger charge is -2.39. The Morgan fingerprint density at radius 3 is 2.44 bits per heavy atom. The second kappa shape index (κ2) is 2.98. The summed E-state index contributed by atoms with van der Waals surface area (Å²) in [6.45, 7) is 2.68. The third-order valence-electron chi connectivity index (χ3n) is 3.24. The van der Waals surface area contributed by atoms with Gasteiger partial charge in [-0.1, -0.05) is 15.9 Å². The molecule has 2 fully saturated rings. The minimum atomic E-state index is -3.66. The molecule has 2 aliphatic heterocycles. The molecule has 3 atom stereocenters. The first-order chi connectivity index (χ1) is 7.14. The highest BCUT2D eigenvalue weighted by molar-refractivity contribution is 9.10. The van der Waals surface area contributed by atoms with Crippen molar-refractivity contribution < 1.29 is 23.1 Å². The molecule has 0 radical (unpaired) electrons. The van der Waals surface area contributed by atoms with E-state index in [1.165, 1.54) is 13.8 Å². The van der Waals surface area contributed by atoms with Crippen LogP contribution in [0.1, 0.15) is 13.8 Å². The monoisotopic (exact) mass is 311 g/mol. The van der Waals surface area contributed by atoms with Gasteiger partial charge in [-0.25, -0.2) is 13.2 Å². The van der Waals surface area contributed by atoms with Gasteiger partial charge in [-0.3, -0.25) is 4.79 Å². The number of β-lactam (4-membered cyclic amide) rings is 1. The van der Waals surface area contributed by atoms with Gasteiger partial charge in [0.15, 0.2) is 15.2 Å². The number of fused-ring (bicyclic) bond motifs is 1. The van der Waals surface area contributed by atoms with Crippen molar-refractivity contribution in [2.75, 3.05) is 0 Å². The van der Waals surface area contributed by atoms with E-state index in [0.29, 0.717) is 0 Å². The van der Waals surface area contributed by atoms with Gasteiger partial charge >= 0.3 is 5.97 Å². The zero-order chi connectivity index (χ0) is 12.5. The summed E-state index contributed by atoms with van der Waals surface area (Å²) in [4.78, 5) is 22.7. The summed E-state index contributed by atoms with van der Waals surface area (Å²) in [5.74, 6) is -1.77. The summed E-state index contributed by atoms with van der Waals surface area (Å²) >= 11 is 2.97. The van der Waals surface area contributed by atoms with Gasteiger partial charge in [0, 0.05) is 0 Å². The Bertz CT molecular complexity index is 485. The van der Waals surface area contributed by atoms with Crippen LogP contribution in [0, 0.1) is 0 Å². The summed E-state index contributed by atoms with van der Waals surface area (Å²) < 4.78 is 22.7. The average molecular weight is 312 g/mol. The molecule has 0 aromatic heterocycles. The number of nitrogens with zero attached hydrogens (tertiary/aromatic N) is 1. The van der Waals surface area contributed by atoms with Crippen LogP contribution >= 0.6 is 15.9 Å². The third kappa shape index (κ3) is 1.04. The van der Waals surface area contributed by atoms with E-state index in [9.17, 15) is 18.0 Å². The molecule has 1 N–H and O–H groups in total. The fourth-order valence-corrected chi connectivity index (χ4v) is 5.69. The van der Waals surface area contributed by atoms with Crippen molar-refractivity contribution in [1.29, 1.82) is 0 Å². The molecular weight excluding hydrogens is 302 g/mol. The molecule has 0 aromatic rings. The number of sulfone groups is 1. The molecule has 2 rings (SSSR count). The zero-order valence-corrected chi connectivity index (χ0v) is 10.9. The largest absolute Gasteiger partial charge is 0.480 e. The first kappa shape index (κ1) is 11.8. The van der Waals surface area contributed by atoms with Crippen molar-refractivity contribution in [3.05, 3.63) is 0 Å². The summed E-state index contributed by atoms with van der Waals surface area (Å²) in [5, 5.41) is 7.99. The van der Waals surface area contributed by atoms with Gasteiger partial charge in [0.25, 0.3) is 0 Å². The molecular formula is C8H10BrNO5S. The number of hydrogen-bond donors (Lipinski definition) is 1. The lowest BCUT2D eigenvalue weighted by atomic mass is 9.98. The Hall–Kier alpha value is -0.630. The van der Waals surface area contributed by atoms with E-state index in [4.69, 9.17) is 5.11 Å². The van der Waals surface area contributed by atoms with Gasteiger partial charge in [-0.15, -0.1) is 0 Å². The Balaban J connectivity index is 2.60. The molecule has 0 aliphatic carbocycles. The molecule has 0 bridgehead atoms. The molecule has 0 aromatic carbocycles. The molecule has 16 heavy (non-hydrogen) atoms. The number of aliphatic carboxylic acids is 1. The molecule has 2 saturated heterocycles. The molecule has 0 unspecified atom stereocenters. The van der Waals surface area contributed by atoms with Crippen LogP contribution < -0.4 is 0 Å². The summed E-state index contributed by atoms with van der Waals surface area (Å²) in [7, 11) is -3.66. The first-order valence-corrected chi connectivity index (χ1v) is 7.02. The maximum atomic E-state index is 12.1. The second-order valence-corrected chi connectivity index (χ2v) is 8.04. The van der Waals surface area contributed by atoms with Gasteiger partial charge in [-0.2, -0.15) is 0 Å². The molecule has 2 aliphatic rings. The minimum absolute atomic E-state index is 0.480. The van der Waals surface area contributed by atoms with Crippen LogP contribution in [-0.2, 0) is 19.4 Å². The number of hydrogen-bond acceptors (Lipinski definition) is 4. The highest BCUT2D eigenvalue weighted by Crippen LogP contribution is 2.48. The number of amides is 1. The van der Waals surface area contributed by atoms with E-state index >= 15 is 0 Å². The minimum Gasteiger partial charge on any atom is -0.480 e. The third-order valence-corrected chi connectivity index (χ3v) is 7.30. The number of rotatable bonds is 1. The fraction of sp³-hybridized carbons (Fsp3) is 0.750. The SMILES string of the molecule is CC1(C)[C@H](C(=O)O)N2C(=O)[C@H](Br)[C@H]2S1(=O)=O. The highest BCUT2D eigenvalue weighted by Gasteiger charge is 2.71. The molecule has 90 valence electrons. The van der Waals surface area contributed by atoms with Crippen LogP contribution in [0.3, 0.4) is 0 Å². The fourth-order valence-electron chi connectivity index (χ4n) is 2.25. The van der Waals surface area contributed by atoms with Crippen LogP contribution in [0.5, 0.6) is 0 Å². The van der Waals surface area contributed by atoms with Crippen LogP contribution in [0.25, 0.3) is 0 Å². The van der Waals surface area contributed by atoms with Crippen LogP contribution in [0.15, 0.2) is 0 Å². The summed E-state index contributed by atoms with van der Waals surface area (Å²) in [6, 6.07) is -1.30. The Kier molecular flexibility index (Phi) is 2.20. The quantitative estimate of drug-likeness (QED) is 0.524. The van der Waals surface area contributed by atoms with Gasteiger partial charge < -0.3 is 10.0 Å². The van der Waals surface area contributed by atoms with Crippen molar-refractivity contribution in [3.63, 3.8) is 0 Å². The zero-order valence-electron chi connectivity index (χ0n) is 8.55. The summed E-state index contributed by atoms with van der Waals surface area (Å²) in [6.07, 6.45) is 0. The average Bonchev–Trinajstić information content (AvgIpc) is 2.28. The Morgan fingerprint density at radius 2 is 2.00 bits per heavy atom. The van der Waals surface area contributed by atoms with E-state index in [1.807, 2.05) is 0 Å². The number of carbonyl (C=O) groups is 2. The van der Waals surface area contributed by atoms with Crippen LogP contribution in [0.2, 0.25) is 0 Å². The van der Waals surface area contributed by atoms with Crippen LogP contribution in [-0.4, -0.2) is 51.3 Å². The molecule has 2 heterocycles. The standard InChI is InChI=1S/C8H10BrNO5S/c1-8(2)4(7(12)13)10-5(11)3(9)6(10)16(8,14)15/h3-4,6H,1-2H3,(H,12,13)/t3-,4-,6+/m0/s1. The van der Waals surface area contributed by atoms with Gasteiger partial charge in [0.05, 0.1) is 0 Å². The van der Waals surface area contributed by atoms with E-state index in [1.54, 1.807) is 0 Å². The van der Waals surface area contributed by atoms with E-state index in [0.717, 1.165) is 4.90 Å². The first-order valence-electron chi connectivity index (χ1n) is 4.56. The van der Waals surface area contributed by atoms with Crippen LogP contribution in [0.4, 0.5) is 0 Å². The number of carboxylic acid groups (broad SMARTS) is 1. The smallest absolute Gasteiger partial charge is 0.328 e. The predicted molar refractivity (Wildman–Crippen MR) is 57.8 cm³/mol. The van der Waals surface area contributed by atoms with Gasteiger partial charge in [0.1, 0.15) is 15.6 Å². The Labute approximate surface area is 101 Å². The molecule has 6 nitrogen and oxygen atoms in total. The molecule has 1 amide bonds. The number of alkyl halides is 1. The van der Waals surface area contributed by atoms with Crippen molar-refractivity contribution in [3.8, 4) is 0 Å². The number of halogens is 1. The number of carbonyl (C=O) groups excluding carboxylic acids is 1. The second-order valence-electron chi connectivity index (χ2n) is 4.43. The normalized spacial score (nSPS) is 39.1. The molecule has 0 saturated carbocycles. The maximum absolute atomic E-state index is 12.1. The molecule has 0 spiro atoms. The highest BCUT2D eigenvalue weighted by atomic mass is 79.9. The lowest BCUT2D eigenvalue weighted by molar-refractivity contribution is -0.156. The van der Waals surface area contributed by atoms with Gasteiger partial charge in [0.2, 0.25) is 5.91 Å². The van der Waals surface area contributed by atoms with Crippen molar-refractivity contribution in [2.24, 2.45) is 0 Å². The predicted octanol–water partition coefficient (Wildman–Crippen LogP) is -0.422. The van der Waals surface area contributed by atoms with Crippen molar-refractivity contribution >= 4 is 37.6 Å². The Morgan fingerprint density at radius 1 is 1.50 bits per heavy atom. The molecule has 8 heteroatoms. The summed E-state index contributed by atoms with van der Waals surface area (Å²) in [5.41, 5.74) is 0. The van der Waals surface area contributed by atoms with Crippen molar-refractivity contribution in [1.82, 2.24) is 4.90 Å². The van der Waals surface area contributed by atoms with E-state index in [2.05, 4.69) is 15.9 Å². The topological polar surface area (TPSA) is 91.8 Å². The van der Waals surface area contributed by atoms with E-state index < -0.39 is 42.7 Å². The number of carboxylic acids is 1.